The molecular weight excluding hydrogens is 276 g/mol. The molecule has 0 saturated heterocycles. The SMILES string of the molecule is O=C1Cc2cc(Br)ccc2Cc2ccccc21. The third-order valence-corrected chi connectivity index (χ3v) is 3.71. The van der Waals surface area contributed by atoms with E-state index < -0.39 is 0 Å². The minimum atomic E-state index is 0.220. The summed E-state index contributed by atoms with van der Waals surface area (Å²) in [6, 6.07) is 14.1. The third kappa shape index (κ3) is 1.93. The summed E-state index contributed by atoms with van der Waals surface area (Å²) in [6.07, 6.45) is 1.36. The Hall–Kier alpha value is -1.41. The van der Waals surface area contributed by atoms with Crippen molar-refractivity contribution in [3.63, 3.8) is 0 Å². The van der Waals surface area contributed by atoms with Crippen molar-refractivity contribution in [2.45, 2.75) is 12.8 Å². The second-order valence-electron chi connectivity index (χ2n) is 4.35. The van der Waals surface area contributed by atoms with Crippen LogP contribution in [0.15, 0.2) is 46.9 Å². The summed E-state index contributed by atoms with van der Waals surface area (Å²) in [5.74, 6) is 0.220. The van der Waals surface area contributed by atoms with E-state index in [9.17, 15) is 4.79 Å². The van der Waals surface area contributed by atoms with Crippen LogP contribution in [-0.2, 0) is 12.8 Å². The van der Waals surface area contributed by atoms with Gasteiger partial charge in [0.2, 0.25) is 0 Å². The van der Waals surface area contributed by atoms with Gasteiger partial charge in [-0.15, -0.1) is 0 Å². The zero-order valence-corrected chi connectivity index (χ0v) is 10.8. The first-order chi connectivity index (χ1) is 8.24. The first kappa shape index (κ1) is 10.7. The Morgan fingerprint density at radius 1 is 0.882 bits per heavy atom. The quantitative estimate of drug-likeness (QED) is 0.720. The maximum Gasteiger partial charge on any atom is 0.167 e. The lowest BCUT2D eigenvalue weighted by molar-refractivity contribution is 0.0993. The smallest absolute Gasteiger partial charge is 0.167 e. The van der Waals surface area contributed by atoms with Gasteiger partial charge >= 0.3 is 0 Å². The molecule has 2 aromatic carbocycles. The van der Waals surface area contributed by atoms with Crippen LogP contribution in [0.3, 0.4) is 0 Å². The van der Waals surface area contributed by atoms with Gasteiger partial charge in [-0.3, -0.25) is 4.79 Å². The maximum absolute atomic E-state index is 12.2. The Balaban J connectivity index is 2.17. The van der Waals surface area contributed by atoms with E-state index in [1.165, 1.54) is 5.56 Å². The van der Waals surface area contributed by atoms with E-state index in [4.69, 9.17) is 0 Å². The standard InChI is InChI=1S/C15H11BrO/c16-13-6-5-10-7-11-3-1-2-4-14(11)15(17)9-12(10)8-13/h1-6,8H,7,9H2. The molecule has 0 unspecified atom stereocenters. The average Bonchev–Trinajstić information content (AvgIpc) is 2.46. The van der Waals surface area contributed by atoms with Gasteiger partial charge in [-0.2, -0.15) is 0 Å². The van der Waals surface area contributed by atoms with E-state index in [1.807, 2.05) is 30.3 Å². The van der Waals surface area contributed by atoms with Gasteiger partial charge in [0.05, 0.1) is 0 Å². The second kappa shape index (κ2) is 4.11. The molecular formula is C15H11BrO. The summed E-state index contributed by atoms with van der Waals surface area (Å²) in [5, 5.41) is 0. The number of hydrogen-bond donors (Lipinski definition) is 0. The van der Waals surface area contributed by atoms with Gasteiger partial charge in [0.1, 0.15) is 0 Å². The van der Waals surface area contributed by atoms with Gasteiger partial charge in [0.15, 0.2) is 5.78 Å². The lowest BCUT2D eigenvalue weighted by Gasteiger charge is -2.05. The number of rotatable bonds is 0. The first-order valence-corrected chi connectivity index (χ1v) is 6.42. The van der Waals surface area contributed by atoms with Crippen molar-refractivity contribution in [3.8, 4) is 0 Å². The monoisotopic (exact) mass is 286 g/mol. The summed E-state index contributed by atoms with van der Waals surface area (Å²) in [6.45, 7) is 0. The molecule has 2 heteroatoms. The Bertz CT molecular complexity index is 602. The number of halogens is 1. The predicted octanol–water partition coefficient (Wildman–Crippen LogP) is 3.78. The van der Waals surface area contributed by atoms with Crippen molar-refractivity contribution in [1.29, 1.82) is 0 Å². The third-order valence-electron chi connectivity index (χ3n) is 3.22. The van der Waals surface area contributed by atoms with Crippen LogP contribution in [0, 0.1) is 0 Å². The summed E-state index contributed by atoms with van der Waals surface area (Å²) in [5.41, 5.74) is 4.41. The Morgan fingerprint density at radius 3 is 2.59 bits per heavy atom. The van der Waals surface area contributed by atoms with Gasteiger partial charge < -0.3 is 0 Å². The van der Waals surface area contributed by atoms with Gasteiger partial charge in [-0.1, -0.05) is 46.3 Å². The normalized spacial score (nSPS) is 13.8. The van der Waals surface area contributed by atoms with Crippen molar-refractivity contribution < 1.29 is 4.79 Å². The van der Waals surface area contributed by atoms with E-state index >= 15 is 0 Å². The van der Waals surface area contributed by atoms with E-state index in [0.29, 0.717) is 6.42 Å². The van der Waals surface area contributed by atoms with Gasteiger partial charge in [0, 0.05) is 16.5 Å². The zero-order valence-electron chi connectivity index (χ0n) is 9.24. The molecule has 0 heterocycles. The van der Waals surface area contributed by atoms with Gasteiger partial charge in [0.25, 0.3) is 0 Å². The molecule has 2 aromatic rings. The van der Waals surface area contributed by atoms with Crippen molar-refractivity contribution >= 4 is 21.7 Å². The highest BCUT2D eigenvalue weighted by molar-refractivity contribution is 9.10. The molecule has 1 nitrogen and oxygen atoms in total. The molecule has 0 saturated carbocycles. The van der Waals surface area contributed by atoms with Crippen LogP contribution in [0.4, 0.5) is 0 Å². The lowest BCUT2D eigenvalue weighted by Crippen LogP contribution is -2.03. The van der Waals surface area contributed by atoms with Gasteiger partial charge in [-0.25, -0.2) is 0 Å². The van der Waals surface area contributed by atoms with Crippen LogP contribution in [0.5, 0.6) is 0 Å². The Kier molecular flexibility index (Phi) is 2.60. The van der Waals surface area contributed by atoms with Crippen molar-refractivity contribution in [2.75, 3.05) is 0 Å². The molecule has 1 aliphatic rings. The van der Waals surface area contributed by atoms with Crippen LogP contribution >= 0.6 is 15.9 Å². The lowest BCUT2D eigenvalue weighted by atomic mass is 10.0. The van der Waals surface area contributed by atoms with Gasteiger partial charge in [-0.05, 0) is 35.2 Å². The van der Waals surface area contributed by atoms with Crippen LogP contribution in [-0.4, -0.2) is 5.78 Å². The highest BCUT2D eigenvalue weighted by Gasteiger charge is 2.18. The summed E-state index contributed by atoms with van der Waals surface area (Å²) >= 11 is 3.46. The molecule has 1 aliphatic carbocycles. The van der Waals surface area contributed by atoms with Crippen LogP contribution in [0.25, 0.3) is 0 Å². The maximum atomic E-state index is 12.2. The molecule has 0 fully saturated rings. The largest absolute Gasteiger partial charge is 0.294 e. The van der Waals surface area contributed by atoms with Crippen molar-refractivity contribution in [1.82, 2.24) is 0 Å². The number of hydrogen-bond acceptors (Lipinski definition) is 1. The molecule has 0 atom stereocenters. The minimum Gasteiger partial charge on any atom is -0.294 e. The second-order valence-corrected chi connectivity index (χ2v) is 5.26. The van der Waals surface area contributed by atoms with E-state index in [-0.39, 0.29) is 5.78 Å². The summed E-state index contributed by atoms with van der Waals surface area (Å²) in [7, 11) is 0. The molecule has 0 radical (unpaired) electrons. The number of benzene rings is 2. The summed E-state index contributed by atoms with van der Waals surface area (Å²) in [4.78, 5) is 12.2. The Morgan fingerprint density at radius 2 is 1.71 bits per heavy atom. The molecule has 0 bridgehead atoms. The predicted molar refractivity (Wildman–Crippen MR) is 71.4 cm³/mol. The topological polar surface area (TPSA) is 17.1 Å². The van der Waals surface area contributed by atoms with E-state index in [0.717, 1.165) is 27.6 Å². The number of ketones is 1. The highest BCUT2D eigenvalue weighted by atomic mass is 79.9. The number of Topliss-reactive ketones (excluding diaryl/α,β-unsaturated/α-hetero) is 1. The van der Waals surface area contributed by atoms with Crippen molar-refractivity contribution in [2.24, 2.45) is 0 Å². The number of carbonyl (C=O) groups excluding carboxylic acids is 1. The van der Waals surface area contributed by atoms with Crippen molar-refractivity contribution in [3.05, 3.63) is 69.2 Å². The fourth-order valence-corrected chi connectivity index (χ4v) is 2.76. The van der Waals surface area contributed by atoms with Crippen LogP contribution in [0.1, 0.15) is 27.0 Å². The Labute approximate surface area is 109 Å². The minimum absolute atomic E-state index is 0.220. The van der Waals surface area contributed by atoms with E-state index in [2.05, 4.69) is 28.1 Å². The van der Waals surface area contributed by atoms with Crippen LogP contribution in [0.2, 0.25) is 0 Å². The zero-order chi connectivity index (χ0) is 11.8. The highest BCUT2D eigenvalue weighted by Crippen LogP contribution is 2.26. The van der Waals surface area contributed by atoms with E-state index in [1.54, 1.807) is 0 Å². The molecule has 0 spiro atoms. The number of carbonyl (C=O) groups is 1. The molecule has 0 N–H and O–H groups in total. The fourth-order valence-electron chi connectivity index (χ4n) is 2.35. The molecule has 0 aliphatic heterocycles. The molecule has 84 valence electrons. The van der Waals surface area contributed by atoms with Crippen LogP contribution < -0.4 is 0 Å². The fraction of sp³-hybridized carbons (Fsp3) is 0.133. The summed E-state index contributed by atoms with van der Waals surface area (Å²) < 4.78 is 1.04. The first-order valence-electron chi connectivity index (χ1n) is 5.62. The average molecular weight is 287 g/mol. The molecule has 0 amide bonds. The molecule has 0 aromatic heterocycles. The number of fused-ring (bicyclic) bond motifs is 2. The molecule has 3 rings (SSSR count). The molecule has 17 heavy (non-hydrogen) atoms.